The molecule has 1 aliphatic rings. The maximum absolute atomic E-state index is 12.0. The Morgan fingerprint density at radius 3 is 2.38 bits per heavy atom. The van der Waals surface area contributed by atoms with Crippen molar-refractivity contribution in [3.8, 4) is 0 Å². The van der Waals surface area contributed by atoms with Gasteiger partial charge in [0.25, 0.3) is 0 Å². The number of hydrogen-bond acceptors (Lipinski definition) is 5. The monoisotopic (exact) mass is 288 g/mol. The minimum atomic E-state index is -0.605. The highest BCUT2D eigenvalue weighted by Crippen LogP contribution is 2.33. The van der Waals surface area contributed by atoms with E-state index in [2.05, 4.69) is 4.74 Å². The van der Waals surface area contributed by atoms with Crippen molar-refractivity contribution in [3.05, 3.63) is 58.9 Å². The molecule has 0 aliphatic carbocycles. The number of carbonyl (C=O) groups is 2. The molecule has 0 radical (unpaired) electrons. The Hall–Kier alpha value is -2.56. The lowest BCUT2D eigenvalue weighted by Crippen LogP contribution is -2.20. The predicted molar refractivity (Wildman–Crippen MR) is 75.2 cm³/mol. The molecule has 0 spiro atoms. The second-order valence-electron chi connectivity index (χ2n) is 4.53. The van der Waals surface area contributed by atoms with Crippen LogP contribution in [0.2, 0.25) is 0 Å². The van der Waals surface area contributed by atoms with E-state index in [4.69, 9.17) is 9.47 Å². The second kappa shape index (κ2) is 6.26. The van der Waals surface area contributed by atoms with Crippen molar-refractivity contribution in [2.45, 2.75) is 13.0 Å². The molecule has 0 fully saturated rings. The number of benzene rings is 1. The van der Waals surface area contributed by atoms with Gasteiger partial charge in [-0.05, 0) is 18.6 Å². The van der Waals surface area contributed by atoms with Crippen LogP contribution in [0.25, 0.3) is 0 Å². The van der Waals surface area contributed by atoms with Gasteiger partial charge in [0, 0.05) is 5.56 Å². The molecule has 0 N–H and O–H groups in total. The molecule has 1 heterocycles. The quantitative estimate of drug-likeness (QED) is 0.798. The average Bonchev–Trinajstić information content (AvgIpc) is 2.53. The highest BCUT2D eigenvalue weighted by molar-refractivity contribution is 5.97. The first-order valence-electron chi connectivity index (χ1n) is 6.38. The Bertz CT molecular complexity index is 627. The summed E-state index contributed by atoms with van der Waals surface area (Å²) in [5.74, 6) is -1.11. The Morgan fingerprint density at radius 1 is 1.10 bits per heavy atom. The van der Waals surface area contributed by atoms with Crippen LogP contribution in [0.15, 0.2) is 47.7 Å². The van der Waals surface area contributed by atoms with Crippen LogP contribution in [0.5, 0.6) is 0 Å². The lowest BCUT2D eigenvalue weighted by atomic mass is 9.94. The van der Waals surface area contributed by atoms with Crippen molar-refractivity contribution in [2.24, 2.45) is 0 Å². The van der Waals surface area contributed by atoms with Crippen molar-refractivity contribution >= 4 is 11.9 Å². The molecule has 1 aromatic rings. The van der Waals surface area contributed by atoms with E-state index in [-0.39, 0.29) is 11.1 Å². The fourth-order valence-corrected chi connectivity index (χ4v) is 2.12. The first kappa shape index (κ1) is 14.8. The molecular weight excluding hydrogens is 272 g/mol. The van der Waals surface area contributed by atoms with Crippen molar-refractivity contribution in [1.82, 2.24) is 0 Å². The molecule has 1 aliphatic heterocycles. The van der Waals surface area contributed by atoms with Gasteiger partial charge in [-0.2, -0.15) is 0 Å². The highest BCUT2D eigenvalue weighted by atomic mass is 16.5. The van der Waals surface area contributed by atoms with E-state index in [1.807, 2.05) is 31.2 Å². The maximum atomic E-state index is 12.0. The van der Waals surface area contributed by atoms with Crippen LogP contribution in [0, 0.1) is 6.92 Å². The van der Waals surface area contributed by atoms with Crippen molar-refractivity contribution in [3.63, 3.8) is 0 Å². The van der Waals surface area contributed by atoms with Crippen LogP contribution >= 0.6 is 0 Å². The third-order valence-electron chi connectivity index (χ3n) is 3.24. The zero-order chi connectivity index (χ0) is 15.4. The predicted octanol–water partition coefficient (Wildman–Crippen LogP) is 2.22. The van der Waals surface area contributed by atoms with Gasteiger partial charge in [0.1, 0.15) is 0 Å². The summed E-state index contributed by atoms with van der Waals surface area (Å²) in [7, 11) is 2.55. The van der Waals surface area contributed by atoms with Gasteiger partial charge in [-0.1, -0.05) is 24.3 Å². The van der Waals surface area contributed by atoms with Gasteiger partial charge in [0.15, 0.2) is 6.10 Å². The van der Waals surface area contributed by atoms with Gasteiger partial charge in [0.2, 0.25) is 0 Å². The fraction of sp³-hybridized carbons (Fsp3) is 0.250. The minimum Gasteiger partial charge on any atom is -0.487 e. The molecular formula is C16H16O5. The maximum Gasteiger partial charge on any atom is 0.341 e. The molecule has 5 nitrogen and oxygen atoms in total. The van der Waals surface area contributed by atoms with Crippen molar-refractivity contribution < 1.29 is 23.8 Å². The summed E-state index contributed by atoms with van der Waals surface area (Å²) in [5, 5.41) is 0. The molecule has 0 bridgehead atoms. The smallest absolute Gasteiger partial charge is 0.341 e. The van der Waals surface area contributed by atoms with E-state index in [1.54, 1.807) is 0 Å². The Morgan fingerprint density at radius 2 is 1.76 bits per heavy atom. The zero-order valence-electron chi connectivity index (χ0n) is 12.1. The molecule has 1 unspecified atom stereocenters. The molecule has 2 rings (SSSR count). The summed E-state index contributed by atoms with van der Waals surface area (Å²) in [6.07, 6.45) is 2.14. The van der Waals surface area contributed by atoms with E-state index in [0.29, 0.717) is 0 Å². The van der Waals surface area contributed by atoms with Crippen molar-refractivity contribution in [1.29, 1.82) is 0 Å². The van der Waals surface area contributed by atoms with Gasteiger partial charge in [-0.3, -0.25) is 0 Å². The fourth-order valence-electron chi connectivity index (χ4n) is 2.12. The Balaban J connectivity index is 2.43. The number of carbonyl (C=O) groups excluding carboxylic acids is 2. The number of hydrogen-bond donors (Lipinski definition) is 0. The summed E-state index contributed by atoms with van der Waals surface area (Å²) in [5.41, 5.74) is 2.25. The third-order valence-corrected chi connectivity index (χ3v) is 3.24. The molecule has 21 heavy (non-hydrogen) atoms. The topological polar surface area (TPSA) is 61.8 Å². The third kappa shape index (κ3) is 2.97. The summed E-state index contributed by atoms with van der Waals surface area (Å²) in [6.45, 7) is 1.92. The lowest BCUT2D eigenvalue weighted by Gasteiger charge is -2.24. The van der Waals surface area contributed by atoms with E-state index in [9.17, 15) is 9.59 Å². The number of rotatable bonds is 3. The molecule has 0 saturated heterocycles. The molecule has 0 amide bonds. The van der Waals surface area contributed by atoms with Gasteiger partial charge < -0.3 is 14.2 Å². The van der Waals surface area contributed by atoms with Crippen LogP contribution in [-0.2, 0) is 23.8 Å². The number of methoxy groups -OCH3 is 2. The highest BCUT2D eigenvalue weighted by Gasteiger charge is 2.30. The van der Waals surface area contributed by atoms with Crippen LogP contribution in [0.1, 0.15) is 17.2 Å². The Labute approximate surface area is 122 Å². The van der Waals surface area contributed by atoms with Gasteiger partial charge >= 0.3 is 11.9 Å². The first-order valence-corrected chi connectivity index (χ1v) is 6.38. The van der Waals surface area contributed by atoms with Gasteiger partial charge in [-0.15, -0.1) is 0 Å². The number of ether oxygens (including phenoxy) is 3. The van der Waals surface area contributed by atoms with E-state index in [0.717, 1.165) is 11.1 Å². The largest absolute Gasteiger partial charge is 0.487 e. The molecule has 1 aromatic carbocycles. The molecule has 0 saturated carbocycles. The van der Waals surface area contributed by atoms with E-state index in [1.165, 1.54) is 26.6 Å². The summed E-state index contributed by atoms with van der Waals surface area (Å²) in [6, 6.07) is 7.56. The number of aryl methyl sites for hydroxylation is 1. The molecule has 0 aromatic heterocycles. The normalized spacial score (nSPS) is 17.2. The van der Waals surface area contributed by atoms with Crippen LogP contribution in [0.3, 0.4) is 0 Å². The van der Waals surface area contributed by atoms with Crippen LogP contribution in [-0.4, -0.2) is 26.2 Å². The molecule has 5 heteroatoms. The van der Waals surface area contributed by atoms with Crippen LogP contribution in [0.4, 0.5) is 0 Å². The average molecular weight is 288 g/mol. The second-order valence-corrected chi connectivity index (χ2v) is 4.53. The Kier molecular flexibility index (Phi) is 4.42. The zero-order valence-corrected chi connectivity index (χ0v) is 12.1. The minimum absolute atomic E-state index is 0.169. The van der Waals surface area contributed by atoms with E-state index >= 15 is 0 Å². The molecule has 110 valence electrons. The SMILES string of the molecule is COC(=O)C1=COC(c2ccccc2C)C(C(=O)OC)=C1. The standard InChI is InChI=1S/C16H16O5/c1-10-6-4-5-7-12(10)14-13(16(18)20-3)8-11(9-21-14)15(17)19-2/h4-9,14H,1-3H3. The van der Waals surface area contributed by atoms with Crippen molar-refractivity contribution in [2.75, 3.05) is 14.2 Å². The number of esters is 2. The lowest BCUT2D eigenvalue weighted by molar-refractivity contribution is -0.137. The summed E-state index contributed by atoms with van der Waals surface area (Å²) in [4.78, 5) is 23.5. The first-order chi connectivity index (χ1) is 10.1. The van der Waals surface area contributed by atoms with E-state index < -0.39 is 18.0 Å². The van der Waals surface area contributed by atoms with Crippen LogP contribution < -0.4 is 0 Å². The van der Waals surface area contributed by atoms with Gasteiger partial charge in [-0.25, -0.2) is 9.59 Å². The van der Waals surface area contributed by atoms with Gasteiger partial charge in [0.05, 0.1) is 31.6 Å². The summed E-state index contributed by atoms with van der Waals surface area (Å²) >= 11 is 0. The molecule has 1 atom stereocenters. The summed E-state index contributed by atoms with van der Waals surface area (Å²) < 4.78 is 15.0.